The number of hydrogen-bond donors (Lipinski definition) is 2. The van der Waals surface area contributed by atoms with Crippen molar-refractivity contribution in [2.24, 2.45) is 5.92 Å². The number of nitrogens with one attached hydrogen (secondary N) is 1. The number of rotatable bonds is 8. The molecule has 10 nitrogen and oxygen atoms in total. The van der Waals surface area contributed by atoms with Crippen molar-refractivity contribution >= 4 is 39.9 Å². The Hall–Kier alpha value is 0.00636. The number of amides is 2. The van der Waals surface area contributed by atoms with Crippen molar-refractivity contribution in [2.45, 2.75) is 32.4 Å². The van der Waals surface area contributed by atoms with Crippen LogP contribution in [-0.2, 0) is 29.0 Å². The van der Waals surface area contributed by atoms with E-state index in [0.717, 1.165) is 4.90 Å². The Morgan fingerprint density at radius 1 is 1.50 bits per heavy atom. The van der Waals surface area contributed by atoms with Gasteiger partial charge in [-0.15, -0.1) is 11.8 Å². The summed E-state index contributed by atoms with van der Waals surface area (Å²) in [7, 11) is -4.96. The van der Waals surface area contributed by atoms with Crippen molar-refractivity contribution < 1.29 is 88.0 Å². The number of carboxylic acid groups (broad SMARTS) is 1. The molecule has 2 N–H and O–H groups in total. The van der Waals surface area contributed by atoms with Crippen LogP contribution in [0.5, 0.6) is 0 Å². The maximum atomic E-state index is 12.2. The van der Waals surface area contributed by atoms with E-state index < -0.39 is 40.3 Å². The summed E-state index contributed by atoms with van der Waals surface area (Å²) in [6.07, 6.45) is -0.940. The third-order valence-corrected chi connectivity index (χ3v) is 5.55. The first-order valence-electron chi connectivity index (χ1n) is 7.33. The maximum absolute atomic E-state index is 12.2. The smallest absolute Gasteiger partial charge is 0.726 e. The van der Waals surface area contributed by atoms with Crippen LogP contribution in [0.15, 0.2) is 10.6 Å². The van der Waals surface area contributed by atoms with Gasteiger partial charge < -0.3 is 19.9 Å². The third kappa shape index (κ3) is 5.51. The minimum Gasteiger partial charge on any atom is -0.726 e. The molecule has 26 heavy (non-hydrogen) atoms. The second-order valence-corrected chi connectivity index (χ2v) is 7.82. The van der Waals surface area contributed by atoms with Gasteiger partial charge in [-0.25, -0.2) is 13.2 Å². The van der Waals surface area contributed by atoms with Crippen molar-refractivity contribution in [1.82, 2.24) is 10.2 Å². The van der Waals surface area contributed by atoms with Crippen LogP contribution < -0.4 is 56.7 Å². The summed E-state index contributed by atoms with van der Waals surface area (Å²) in [6, 6.07) is -0.557. The number of fused-ring (bicyclic) bond motifs is 1. The van der Waals surface area contributed by atoms with Crippen LogP contribution in [0.25, 0.3) is 0 Å². The Kier molecular flexibility index (Phi) is 8.76. The van der Waals surface area contributed by atoms with Crippen LogP contribution in [-0.4, -0.2) is 65.2 Å². The first-order chi connectivity index (χ1) is 11.5. The molecule has 140 valence electrons. The van der Waals surface area contributed by atoms with Gasteiger partial charge >= 0.3 is 57.4 Å². The van der Waals surface area contributed by atoms with E-state index in [0.29, 0.717) is 17.2 Å². The summed E-state index contributed by atoms with van der Waals surface area (Å²) in [5.41, 5.74) is -0.142. The number of β-lactam (4-membered cyclic amide) rings is 1. The third-order valence-electron chi connectivity index (χ3n) is 3.90. The fraction of sp³-hybridized carbons (Fsp3) is 0.615. The van der Waals surface area contributed by atoms with E-state index in [9.17, 15) is 32.5 Å². The standard InChI is InChI=1S/C13H18N2O8S2.K/c1-6(23-25(20,21)22)10-8-5-9(24-4-3-14-7(2)16)11(13(18)19)15(8)12(10)17;/h6,8,10H,3-5H2,1-2H3,(H,14,16)(H,18,19)(H,20,21,22);/q;+1/p-1/t6?,8?,10-;/m0./s1. The van der Waals surface area contributed by atoms with Gasteiger partial charge in [0.15, 0.2) is 0 Å². The topological polar surface area (TPSA) is 153 Å². The molecule has 2 aliphatic rings. The summed E-state index contributed by atoms with van der Waals surface area (Å²) in [4.78, 5) is 36.1. The van der Waals surface area contributed by atoms with Crippen molar-refractivity contribution in [2.75, 3.05) is 12.3 Å². The molecule has 2 aliphatic heterocycles. The first kappa shape index (κ1) is 24.0. The van der Waals surface area contributed by atoms with E-state index in [1.165, 1.54) is 25.6 Å². The zero-order valence-electron chi connectivity index (χ0n) is 14.4. The molecular formula is C13H17KN2O8S2. The molecule has 0 aromatic carbocycles. The number of aliphatic carboxylic acids is 1. The van der Waals surface area contributed by atoms with Crippen LogP contribution in [0.2, 0.25) is 0 Å². The monoisotopic (exact) mass is 432 g/mol. The van der Waals surface area contributed by atoms with E-state index in [-0.39, 0.29) is 69.4 Å². The molecule has 2 unspecified atom stereocenters. The number of thioether (sulfide) groups is 1. The largest absolute Gasteiger partial charge is 1.00 e. The average Bonchev–Trinajstić information content (AvgIpc) is 2.76. The van der Waals surface area contributed by atoms with Crippen molar-refractivity contribution in [3.63, 3.8) is 0 Å². The van der Waals surface area contributed by atoms with Gasteiger partial charge in [-0.05, 0) is 6.92 Å². The Morgan fingerprint density at radius 3 is 2.62 bits per heavy atom. The molecule has 0 aromatic heterocycles. The normalized spacial score (nSPS) is 23.0. The number of nitrogens with zero attached hydrogens (tertiary/aromatic N) is 1. The van der Waals surface area contributed by atoms with E-state index in [1.54, 1.807) is 0 Å². The van der Waals surface area contributed by atoms with E-state index in [2.05, 4.69) is 9.50 Å². The van der Waals surface area contributed by atoms with Gasteiger partial charge in [0.25, 0.3) is 0 Å². The van der Waals surface area contributed by atoms with E-state index >= 15 is 0 Å². The summed E-state index contributed by atoms with van der Waals surface area (Å²) in [5, 5.41) is 11.9. The van der Waals surface area contributed by atoms with Gasteiger partial charge in [-0.3, -0.25) is 13.8 Å². The summed E-state index contributed by atoms with van der Waals surface area (Å²) in [5.74, 6) is -2.53. The fourth-order valence-electron chi connectivity index (χ4n) is 2.99. The van der Waals surface area contributed by atoms with Gasteiger partial charge in [0.05, 0.1) is 18.1 Å². The van der Waals surface area contributed by atoms with Gasteiger partial charge in [-0.2, -0.15) is 0 Å². The summed E-state index contributed by atoms with van der Waals surface area (Å²) in [6.45, 7) is 2.99. The maximum Gasteiger partial charge on any atom is 1.00 e. The minimum absolute atomic E-state index is 0. The molecule has 2 heterocycles. The molecule has 1 fully saturated rings. The summed E-state index contributed by atoms with van der Waals surface area (Å²) >= 11 is 1.21. The fourth-order valence-corrected chi connectivity index (χ4v) is 4.55. The number of carboxylic acids is 1. The second kappa shape index (κ2) is 9.47. The van der Waals surface area contributed by atoms with E-state index in [1.807, 2.05) is 0 Å². The Morgan fingerprint density at radius 2 is 2.12 bits per heavy atom. The van der Waals surface area contributed by atoms with Crippen molar-refractivity contribution in [1.29, 1.82) is 0 Å². The molecule has 0 radical (unpaired) electrons. The van der Waals surface area contributed by atoms with Crippen LogP contribution in [0, 0.1) is 5.92 Å². The minimum atomic E-state index is -4.96. The van der Waals surface area contributed by atoms with Crippen molar-refractivity contribution in [3.8, 4) is 0 Å². The zero-order valence-corrected chi connectivity index (χ0v) is 19.2. The number of hydrogen-bond acceptors (Lipinski definition) is 8. The molecule has 13 heteroatoms. The molecule has 2 rings (SSSR count). The van der Waals surface area contributed by atoms with Crippen molar-refractivity contribution in [3.05, 3.63) is 10.6 Å². The van der Waals surface area contributed by atoms with Crippen LogP contribution in [0.3, 0.4) is 0 Å². The molecule has 2 amide bonds. The summed E-state index contributed by atoms with van der Waals surface area (Å²) < 4.78 is 36.4. The molecular weight excluding hydrogens is 415 g/mol. The molecule has 3 atom stereocenters. The van der Waals surface area contributed by atoms with Crippen LogP contribution in [0.1, 0.15) is 20.3 Å². The molecule has 0 saturated carbocycles. The van der Waals surface area contributed by atoms with Crippen LogP contribution >= 0.6 is 11.8 Å². The molecule has 0 aliphatic carbocycles. The Bertz CT molecular complexity index is 738. The Balaban J connectivity index is 0.00000338. The van der Waals surface area contributed by atoms with Gasteiger partial charge in [0.1, 0.15) is 5.70 Å². The second-order valence-electron chi connectivity index (χ2n) is 5.62. The average molecular weight is 433 g/mol. The molecule has 0 aromatic rings. The van der Waals surface area contributed by atoms with Gasteiger partial charge in [-0.1, -0.05) is 0 Å². The first-order valence-corrected chi connectivity index (χ1v) is 9.65. The number of carbonyl (C=O) groups is 3. The van der Waals surface area contributed by atoms with E-state index in [4.69, 9.17) is 0 Å². The molecule has 1 saturated heterocycles. The van der Waals surface area contributed by atoms with Crippen LogP contribution in [0.4, 0.5) is 0 Å². The predicted molar refractivity (Wildman–Crippen MR) is 84.8 cm³/mol. The number of carbonyl (C=O) groups excluding carboxylic acids is 2. The SMILES string of the molecule is CC(=O)NCCSC1=C(C(=O)O)N2C(=O)[C@@H](C(C)OS(=O)(=O)[O-])C2C1.[K+]. The molecule has 0 spiro atoms. The zero-order chi connectivity index (χ0) is 18.9. The van der Waals surface area contributed by atoms with Gasteiger partial charge in [0, 0.05) is 30.5 Å². The Labute approximate surface area is 197 Å². The molecule has 0 bridgehead atoms. The quantitative estimate of drug-likeness (QED) is 0.129. The predicted octanol–water partition coefficient (Wildman–Crippen LogP) is -3.75. The van der Waals surface area contributed by atoms with Gasteiger partial charge in [0.2, 0.25) is 22.2 Å².